The van der Waals surface area contributed by atoms with Gasteiger partial charge in [-0.1, -0.05) is 0 Å². The van der Waals surface area contributed by atoms with Crippen LogP contribution >= 0.6 is 58.8 Å². The van der Waals surface area contributed by atoms with Crippen molar-refractivity contribution in [1.82, 2.24) is 65.0 Å². The van der Waals surface area contributed by atoms with Crippen LogP contribution < -0.4 is 16.6 Å². The highest BCUT2D eigenvalue weighted by Crippen LogP contribution is 2.26. The number of amides is 3. The Kier molecular flexibility index (Phi) is 24.3. The minimum absolute atomic E-state index is 0. The quantitative estimate of drug-likeness (QED) is 0.0935. The summed E-state index contributed by atoms with van der Waals surface area (Å²) in [5, 5.41) is 35.7. The molecule has 0 radical (unpaired) electrons. The fourth-order valence-corrected chi connectivity index (χ4v) is 8.08. The van der Waals surface area contributed by atoms with E-state index in [9.17, 15) is 14.4 Å². The van der Waals surface area contributed by atoms with E-state index < -0.39 is 11.2 Å². The Morgan fingerprint density at radius 2 is 1.24 bits per heavy atom. The van der Waals surface area contributed by atoms with Crippen LogP contribution in [0.5, 0.6) is 0 Å². The standard InChI is InChI=1S/C14H19N5O2S.C11H20N2O3.C9H11N5S.C5H7N3OS.C2H6O.2ClH/c1-9-8-22-12(15-9)11-17-16-10-7-18(5-6-19(10)11)13(20)21-14(2,3)4;1-5-15-9-8-13(7-6-12-9)10(14)16-11(2,3)4;1-6-5-15-9(11-6)8-13-12-7-4-10-2-3-14(7)8;1-3-2-10-5(7-3)4(9)8-6;1-2-3;;/h8H,5-7H2,1-4H3;5-8H2,1-4H3;5,10H,2-4H2,1H3;2H,6H2,1H3,(H,8,9);3H,2H2,1H3;2*1H. The number of hydrogen-bond acceptors (Lipinski definition) is 20. The smallest absolute Gasteiger partial charge is 0.410 e. The first-order valence-corrected chi connectivity index (χ1v) is 23.9. The number of hydrazine groups is 1. The lowest BCUT2D eigenvalue weighted by Gasteiger charge is -2.30. The van der Waals surface area contributed by atoms with Gasteiger partial charge >= 0.3 is 12.2 Å². The van der Waals surface area contributed by atoms with E-state index in [-0.39, 0.29) is 49.5 Å². The summed E-state index contributed by atoms with van der Waals surface area (Å²) in [4.78, 5) is 54.9. The number of nitrogen functional groups attached to an aromatic ring is 1. The predicted octanol–water partition coefficient (Wildman–Crippen LogP) is 5.84. The molecular weight excluding hydrogens is 982 g/mol. The van der Waals surface area contributed by atoms with Crippen molar-refractivity contribution in [1.29, 1.82) is 0 Å². The number of halogens is 2. The molecule has 3 amide bonds. The van der Waals surface area contributed by atoms with Gasteiger partial charge in [-0.3, -0.25) is 25.0 Å². The number of aryl methyl sites for hydroxylation is 3. The van der Waals surface area contributed by atoms with Gasteiger partial charge in [-0.25, -0.2) is 30.4 Å². The zero-order valence-corrected chi connectivity index (χ0v) is 44.5. The molecular formula is C41H65Cl2N15O7S3. The van der Waals surface area contributed by atoms with Gasteiger partial charge in [0.15, 0.2) is 32.5 Å². The van der Waals surface area contributed by atoms with E-state index in [0.717, 1.165) is 70.0 Å². The summed E-state index contributed by atoms with van der Waals surface area (Å²) in [6, 6.07) is 0. The van der Waals surface area contributed by atoms with Gasteiger partial charge in [-0.15, -0.1) is 79.2 Å². The summed E-state index contributed by atoms with van der Waals surface area (Å²) >= 11 is 4.46. The van der Waals surface area contributed by atoms with Crippen LogP contribution in [0.3, 0.4) is 0 Å². The Morgan fingerprint density at radius 1 is 0.735 bits per heavy atom. The molecule has 22 nitrogen and oxygen atoms in total. The van der Waals surface area contributed by atoms with Crippen LogP contribution in [-0.2, 0) is 40.4 Å². The lowest BCUT2D eigenvalue weighted by atomic mass is 10.2. The summed E-state index contributed by atoms with van der Waals surface area (Å²) in [5.41, 5.74) is 3.90. The Morgan fingerprint density at radius 3 is 1.71 bits per heavy atom. The zero-order chi connectivity index (χ0) is 48.6. The van der Waals surface area contributed by atoms with Gasteiger partial charge in [0.2, 0.25) is 5.90 Å². The average molecular weight is 1050 g/mol. The number of nitrogens with two attached hydrogens (primary N) is 1. The van der Waals surface area contributed by atoms with Crippen molar-refractivity contribution in [2.75, 3.05) is 45.9 Å². The fourth-order valence-electron chi connectivity index (χ4n) is 5.81. The molecule has 8 heterocycles. The first-order valence-electron chi connectivity index (χ1n) is 21.3. The molecule has 378 valence electrons. The largest absolute Gasteiger partial charge is 0.480 e. The van der Waals surface area contributed by atoms with Crippen molar-refractivity contribution < 1.29 is 33.7 Å². The first-order chi connectivity index (χ1) is 31.2. The maximum absolute atomic E-state index is 12.1. The SMILES string of the molecule is CCO.CCOC1=NCCN(C(=O)OC(C)(C)C)C1.Cc1csc(-c2nnc3n2CCN(C(=O)OC(C)(C)C)C3)n1.Cc1csc(-c2nnc3n2CCNC3)n1.Cc1csc(C(=O)NN)n1.Cl.Cl. The number of nitrogens with one attached hydrogen (secondary N) is 2. The number of thiazole rings is 3. The Bertz CT molecular complexity index is 2370. The molecule has 8 rings (SSSR count). The summed E-state index contributed by atoms with van der Waals surface area (Å²) in [7, 11) is 0. The van der Waals surface area contributed by atoms with E-state index in [0.29, 0.717) is 56.8 Å². The maximum Gasteiger partial charge on any atom is 0.410 e. The second-order valence-electron chi connectivity index (χ2n) is 16.5. The van der Waals surface area contributed by atoms with Gasteiger partial charge in [0.1, 0.15) is 17.0 Å². The molecule has 0 atom stereocenters. The van der Waals surface area contributed by atoms with Crippen LogP contribution in [0, 0.1) is 20.8 Å². The van der Waals surface area contributed by atoms with Crippen LogP contribution in [-0.4, -0.2) is 141 Å². The fraction of sp³-hybridized carbons (Fsp3) is 0.585. The van der Waals surface area contributed by atoms with Gasteiger partial charge < -0.3 is 33.8 Å². The van der Waals surface area contributed by atoms with E-state index in [1.54, 1.807) is 44.8 Å². The highest BCUT2D eigenvalue weighted by molar-refractivity contribution is 7.13. The third-order valence-corrected chi connectivity index (χ3v) is 11.4. The van der Waals surface area contributed by atoms with Gasteiger partial charge in [-0.2, -0.15) is 0 Å². The van der Waals surface area contributed by atoms with E-state index in [1.165, 1.54) is 11.3 Å². The molecule has 5 aromatic heterocycles. The van der Waals surface area contributed by atoms with Gasteiger partial charge in [-0.05, 0) is 76.2 Å². The van der Waals surface area contributed by atoms with E-state index in [4.69, 9.17) is 25.2 Å². The number of carbonyl (C=O) groups excluding carboxylic acids is 3. The third kappa shape index (κ3) is 18.5. The molecule has 0 fully saturated rings. The minimum atomic E-state index is -0.494. The van der Waals surface area contributed by atoms with Crippen molar-refractivity contribution >= 4 is 82.8 Å². The number of rotatable bonds is 4. The van der Waals surface area contributed by atoms with E-state index in [1.807, 2.05) is 90.0 Å². The molecule has 0 saturated heterocycles. The van der Waals surface area contributed by atoms with Crippen LogP contribution in [0.15, 0.2) is 21.1 Å². The van der Waals surface area contributed by atoms with Gasteiger partial charge in [0.25, 0.3) is 5.91 Å². The summed E-state index contributed by atoms with van der Waals surface area (Å²) in [6.07, 6.45) is -0.618. The van der Waals surface area contributed by atoms with Gasteiger partial charge in [0.05, 0.1) is 32.8 Å². The predicted molar refractivity (Wildman–Crippen MR) is 268 cm³/mol. The lowest BCUT2D eigenvalue weighted by molar-refractivity contribution is 0.0194. The lowest BCUT2D eigenvalue weighted by Crippen LogP contribution is -2.44. The number of fused-ring (bicyclic) bond motifs is 2. The number of ether oxygens (including phenoxy) is 3. The first kappa shape index (κ1) is 59.2. The topological polar surface area (TPSA) is 268 Å². The van der Waals surface area contributed by atoms with Crippen LogP contribution in [0.4, 0.5) is 9.59 Å². The van der Waals surface area contributed by atoms with Crippen molar-refractivity contribution in [2.24, 2.45) is 10.8 Å². The van der Waals surface area contributed by atoms with Crippen molar-refractivity contribution in [2.45, 2.75) is 114 Å². The highest BCUT2D eigenvalue weighted by atomic mass is 35.5. The van der Waals surface area contributed by atoms with Crippen molar-refractivity contribution in [3.05, 3.63) is 49.9 Å². The number of aliphatic imine (C=N–C) groups is 1. The van der Waals surface area contributed by atoms with Crippen LogP contribution in [0.25, 0.3) is 21.7 Å². The Labute approximate surface area is 421 Å². The molecule has 3 aliphatic heterocycles. The second-order valence-corrected chi connectivity index (χ2v) is 19.1. The number of aliphatic hydroxyl groups is 1. The van der Waals surface area contributed by atoms with Crippen molar-refractivity contribution in [3.63, 3.8) is 0 Å². The van der Waals surface area contributed by atoms with E-state index in [2.05, 4.69) is 50.2 Å². The average Bonchev–Trinajstić information content (AvgIpc) is 4.12. The third-order valence-electron chi connectivity index (χ3n) is 8.54. The second kappa shape index (κ2) is 27.9. The zero-order valence-electron chi connectivity index (χ0n) is 40.4. The molecule has 68 heavy (non-hydrogen) atoms. The van der Waals surface area contributed by atoms with Crippen molar-refractivity contribution in [3.8, 4) is 21.7 Å². The van der Waals surface area contributed by atoms with Gasteiger partial charge in [0, 0.05) is 72.6 Å². The molecule has 5 N–H and O–H groups in total. The maximum atomic E-state index is 12.1. The molecule has 27 heteroatoms. The molecule has 3 aliphatic rings. The number of nitrogens with zero attached hydrogens (tertiary/aromatic N) is 12. The molecule has 0 aliphatic carbocycles. The number of aromatic nitrogens is 9. The number of aliphatic hydroxyl groups excluding tert-OH is 1. The highest BCUT2D eigenvalue weighted by Gasteiger charge is 2.29. The normalized spacial score (nSPS) is 13.8. The minimum Gasteiger partial charge on any atom is -0.480 e. The van der Waals surface area contributed by atoms with Crippen LogP contribution in [0.2, 0.25) is 0 Å². The Hall–Kier alpha value is -4.89. The molecule has 5 aromatic rings. The molecule has 0 saturated carbocycles. The molecule has 0 bridgehead atoms. The van der Waals surface area contributed by atoms with E-state index >= 15 is 0 Å². The Balaban J connectivity index is 0.000000311. The monoisotopic (exact) mass is 1050 g/mol. The number of hydrogen-bond donors (Lipinski definition) is 4. The summed E-state index contributed by atoms with van der Waals surface area (Å²) < 4.78 is 20.2. The molecule has 0 spiro atoms. The number of carbonyl (C=O) groups is 3. The summed E-state index contributed by atoms with van der Waals surface area (Å²) in [5.74, 6) is 8.61. The van der Waals surface area contributed by atoms with Crippen LogP contribution in [0.1, 0.15) is 93.9 Å². The summed E-state index contributed by atoms with van der Waals surface area (Å²) in [6.45, 7) is 27.2. The molecule has 0 unspecified atom stereocenters. The molecule has 0 aromatic carbocycles.